The molecular weight excluding hydrogens is 258 g/mol. The van der Waals surface area contributed by atoms with Crippen molar-refractivity contribution in [2.75, 3.05) is 19.6 Å². The van der Waals surface area contributed by atoms with Crippen molar-refractivity contribution in [3.63, 3.8) is 0 Å². The van der Waals surface area contributed by atoms with Gasteiger partial charge < -0.3 is 4.90 Å². The van der Waals surface area contributed by atoms with Gasteiger partial charge in [-0.2, -0.15) is 5.26 Å². The Kier molecular flexibility index (Phi) is 4.37. The SMILES string of the molecule is N#Cc1ccc(CN2CCC(N3C=CC=CC3)CC2)cc1. The minimum atomic E-state index is 0.684. The van der Waals surface area contributed by atoms with Crippen LogP contribution in [0.5, 0.6) is 0 Å². The molecule has 0 aromatic heterocycles. The summed E-state index contributed by atoms with van der Waals surface area (Å²) in [5, 5.41) is 8.83. The van der Waals surface area contributed by atoms with Gasteiger partial charge in [0.25, 0.3) is 0 Å². The lowest BCUT2D eigenvalue weighted by atomic mass is 10.0. The highest BCUT2D eigenvalue weighted by Crippen LogP contribution is 2.20. The number of nitrogens with zero attached hydrogens (tertiary/aromatic N) is 3. The van der Waals surface area contributed by atoms with Crippen LogP contribution in [0.25, 0.3) is 0 Å². The number of nitriles is 1. The summed E-state index contributed by atoms with van der Waals surface area (Å²) in [5.41, 5.74) is 2.04. The standard InChI is InChI=1S/C18H21N3/c19-14-16-4-6-17(7-5-16)15-20-12-8-18(9-13-20)21-10-2-1-3-11-21/h1-7,10,18H,8-9,11-13,15H2. The van der Waals surface area contributed by atoms with Crippen LogP contribution in [0.4, 0.5) is 0 Å². The van der Waals surface area contributed by atoms with Gasteiger partial charge in [-0.1, -0.05) is 24.3 Å². The van der Waals surface area contributed by atoms with Crippen LogP contribution in [-0.2, 0) is 6.54 Å². The minimum Gasteiger partial charge on any atom is -0.371 e. The molecule has 0 saturated carbocycles. The smallest absolute Gasteiger partial charge is 0.0991 e. The van der Waals surface area contributed by atoms with Gasteiger partial charge in [-0.3, -0.25) is 4.90 Å². The zero-order valence-corrected chi connectivity index (χ0v) is 12.3. The molecule has 0 radical (unpaired) electrons. The molecule has 2 aliphatic rings. The molecule has 3 heteroatoms. The van der Waals surface area contributed by atoms with Crippen LogP contribution in [0.1, 0.15) is 24.0 Å². The maximum absolute atomic E-state index is 8.83. The molecule has 3 rings (SSSR count). The van der Waals surface area contributed by atoms with E-state index in [-0.39, 0.29) is 0 Å². The molecule has 2 aliphatic heterocycles. The molecule has 1 aromatic rings. The predicted molar refractivity (Wildman–Crippen MR) is 84.4 cm³/mol. The van der Waals surface area contributed by atoms with Crippen molar-refractivity contribution < 1.29 is 0 Å². The Hall–Kier alpha value is -2.05. The third kappa shape index (κ3) is 3.53. The fourth-order valence-corrected chi connectivity index (χ4v) is 3.11. The summed E-state index contributed by atoms with van der Waals surface area (Å²) in [5.74, 6) is 0. The molecule has 0 N–H and O–H groups in total. The van der Waals surface area contributed by atoms with Crippen LogP contribution >= 0.6 is 0 Å². The quantitative estimate of drug-likeness (QED) is 0.852. The number of likely N-dealkylation sites (tertiary alicyclic amines) is 1. The number of benzene rings is 1. The molecule has 108 valence electrons. The molecule has 1 saturated heterocycles. The average molecular weight is 279 g/mol. The largest absolute Gasteiger partial charge is 0.371 e. The van der Waals surface area contributed by atoms with E-state index in [4.69, 9.17) is 5.26 Å². The summed E-state index contributed by atoms with van der Waals surface area (Å²) in [6.07, 6.45) is 11.2. The fraction of sp³-hybridized carbons (Fsp3) is 0.389. The zero-order chi connectivity index (χ0) is 14.5. The molecule has 21 heavy (non-hydrogen) atoms. The average Bonchev–Trinajstić information content (AvgIpc) is 2.57. The Balaban J connectivity index is 1.50. The van der Waals surface area contributed by atoms with E-state index in [0.29, 0.717) is 6.04 Å². The second-order valence-electron chi connectivity index (χ2n) is 5.78. The van der Waals surface area contributed by atoms with Crippen LogP contribution in [0.3, 0.4) is 0 Å². The maximum Gasteiger partial charge on any atom is 0.0991 e. The van der Waals surface area contributed by atoms with Gasteiger partial charge in [0.2, 0.25) is 0 Å². The van der Waals surface area contributed by atoms with E-state index in [1.54, 1.807) is 0 Å². The molecule has 3 nitrogen and oxygen atoms in total. The number of hydrogen-bond acceptors (Lipinski definition) is 3. The summed E-state index contributed by atoms with van der Waals surface area (Å²) in [4.78, 5) is 4.97. The van der Waals surface area contributed by atoms with E-state index in [2.05, 4.69) is 52.4 Å². The van der Waals surface area contributed by atoms with Crippen LogP contribution in [0, 0.1) is 11.3 Å². The number of hydrogen-bond donors (Lipinski definition) is 0. The van der Waals surface area contributed by atoms with E-state index in [1.165, 1.54) is 18.4 Å². The summed E-state index contributed by atoms with van der Waals surface area (Å²) in [6, 6.07) is 10.8. The van der Waals surface area contributed by atoms with E-state index in [9.17, 15) is 0 Å². The van der Waals surface area contributed by atoms with Crippen LogP contribution < -0.4 is 0 Å². The van der Waals surface area contributed by atoms with E-state index >= 15 is 0 Å². The van der Waals surface area contributed by atoms with Gasteiger partial charge in [-0.15, -0.1) is 0 Å². The monoisotopic (exact) mass is 279 g/mol. The van der Waals surface area contributed by atoms with Gasteiger partial charge >= 0.3 is 0 Å². The number of rotatable bonds is 3. The number of allylic oxidation sites excluding steroid dienone is 2. The second-order valence-corrected chi connectivity index (χ2v) is 5.78. The lowest BCUT2D eigenvalue weighted by Gasteiger charge is -2.38. The van der Waals surface area contributed by atoms with Crippen molar-refractivity contribution in [3.8, 4) is 6.07 Å². The topological polar surface area (TPSA) is 30.3 Å². The van der Waals surface area contributed by atoms with Crippen molar-refractivity contribution in [2.24, 2.45) is 0 Å². The first kappa shape index (κ1) is 13.9. The Morgan fingerprint density at radius 1 is 1.10 bits per heavy atom. The van der Waals surface area contributed by atoms with Gasteiger partial charge in [0, 0.05) is 32.2 Å². The van der Waals surface area contributed by atoms with Crippen molar-refractivity contribution in [1.82, 2.24) is 9.80 Å². The molecule has 0 amide bonds. The summed E-state index contributed by atoms with van der Waals surface area (Å²) < 4.78 is 0. The van der Waals surface area contributed by atoms with Gasteiger partial charge in [-0.05, 0) is 42.8 Å². The Bertz CT molecular complexity index is 557. The first-order chi connectivity index (χ1) is 10.3. The first-order valence-corrected chi connectivity index (χ1v) is 7.65. The molecule has 0 unspecified atom stereocenters. The summed E-state index contributed by atoms with van der Waals surface area (Å²) in [7, 11) is 0. The Morgan fingerprint density at radius 3 is 2.48 bits per heavy atom. The van der Waals surface area contributed by atoms with Crippen molar-refractivity contribution >= 4 is 0 Å². The maximum atomic E-state index is 8.83. The molecule has 0 spiro atoms. The normalized spacial score (nSPS) is 19.7. The second kappa shape index (κ2) is 6.60. The predicted octanol–water partition coefficient (Wildman–Crippen LogP) is 2.91. The molecule has 1 fully saturated rings. The van der Waals surface area contributed by atoms with E-state index in [0.717, 1.165) is 31.7 Å². The molecule has 0 bridgehead atoms. The molecular formula is C18H21N3. The van der Waals surface area contributed by atoms with Crippen molar-refractivity contribution in [2.45, 2.75) is 25.4 Å². The van der Waals surface area contributed by atoms with E-state index in [1.807, 2.05) is 12.1 Å². The third-order valence-electron chi connectivity index (χ3n) is 4.36. The van der Waals surface area contributed by atoms with E-state index < -0.39 is 0 Å². The highest BCUT2D eigenvalue weighted by Gasteiger charge is 2.22. The third-order valence-corrected chi connectivity index (χ3v) is 4.36. The van der Waals surface area contributed by atoms with Gasteiger partial charge in [0.15, 0.2) is 0 Å². The van der Waals surface area contributed by atoms with Crippen LogP contribution in [0.2, 0.25) is 0 Å². The lowest BCUT2D eigenvalue weighted by Crippen LogP contribution is -2.42. The lowest BCUT2D eigenvalue weighted by molar-refractivity contribution is 0.142. The molecule has 2 heterocycles. The van der Waals surface area contributed by atoms with Gasteiger partial charge in [0.1, 0.15) is 0 Å². The summed E-state index contributed by atoms with van der Waals surface area (Å²) in [6.45, 7) is 4.35. The zero-order valence-electron chi connectivity index (χ0n) is 12.3. The highest BCUT2D eigenvalue weighted by atomic mass is 15.2. The first-order valence-electron chi connectivity index (χ1n) is 7.65. The fourth-order valence-electron chi connectivity index (χ4n) is 3.11. The number of piperidine rings is 1. The summed E-state index contributed by atoms with van der Waals surface area (Å²) >= 11 is 0. The highest BCUT2D eigenvalue weighted by molar-refractivity contribution is 5.31. The van der Waals surface area contributed by atoms with Gasteiger partial charge in [0.05, 0.1) is 11.6 Å². The molecule has 0 aliphatic carbocycles. The Morgan fingerprint density at radius 2 is 1.86 bits per heavy atom. The Labute approximate surface area is 126 Å². The van der Waals surface area contributed by atoms with Crippen LogP contribution in [0.15, 0.2) is 48.7 Å². The van der Waals surface area contributed by atoms with Gasteiger partial charge in [-0.25, -0.2) is 0 Å². The minimum absolute atomic E-state index is 0.684. The molecule has 0 atom stereocenters. The van der Waals surface area contributed by atoms with Crippen LogP contribution in [-0.4, -0.2) is 35.5 Å². The molecule has 1 aromatic carbocycles. The van der Waals surface area contributed by atoms with Crippen molar-refractivity contribution in [3.05, 3.63) is 59.8 Å². The van der Waals surface area contributed by atoms with Crippen molar-refractivity contribution in [1.29, 1.82) is 5.26 Å².